The van der Waals surface area contributed by atoms with Gasteiger partial charge in [0.05, 0.1) is 18.5 Å². The number of fused-ring (bicyclic) bond motifs is 1. The summed E-state index contributed by atoms with van der Waals surface area (Å²) in [5, 5.41) is 7.74. The molecule has 1 aliphatic rings. The van der Waals surface area contributed by atoms with Crippen LogP contribution in [0.1, 0.15) is 23.7 Å². The number of nitrogens with one attached hydrogen (secondary N) is 1. The minimum Gasteiger partial charge on any atom is -0.496 e. The molecule has 0 fully saturated rings. The maximum Gasteiger partial charge on any atom is 0.124 e. The van der Waals surface area contributed by atoms with E-state index in [-0.39, 0.29) is 6.10 Å². The van der Waals surface area contributed by atoms with Crippen LogP contribution in [0.3, 0.4) is 0 Å². The summed E-state index contributed by atoms with van der Waals surface area (Å²) in [6.45, 7) is 4.76. The van der Waals surface area contributed by atoms with Crippen molar-refractivity contribution in [3.8, 4) is 11.5 Å². The Morgan fingerprint density at radius 2 is 2.29 bits per heavy atom. The molecule has 21 heavy (non-hydrogen) atoms. The van der Waals surface area contributed by atoms with Gasteiger partial charge >= 0.3 is 0 Å². The highest BCUT2D eigenvalue weighted by atomic mass is 16.5. The van der Waals surface area contributed by atoms with Crippen LogP contribution in [0.25, 0.3) is 0 Å². The molecule has 112 valence electrons. The first kappa shape index (κ1) is 13.8. The molecule has 0 radical (unpaired) electrons. The Kier molecular flexibility index (Phi) is 3.49. The molecule has 0 aliphatic carbocycles. The van der Waals surface area contributed by atoms with Crippen molar-refractivity contribution in [2.24, 2.45) is 7.05 Å². The zero-order chi connectivity index (χ0) is 15.0. The third-order valence-corrected chi connectivity index (χ3v) is 3.78. The van der Waals surface area contributed by atoms with E-state index >= 15 is 0 Å². The molecule has 1 unspecified atom stereocenters. The summed E-state index contributed by atoms with van der Waals surface area (Å²) in [5.41, 5.74) is 4.34. The molecule has 2 aromatic rings. The molecule has 1 aromatic heterocycles. The fourth-order valence-corrected chi connectivity index (χ4v) is 2.77. The molecule has 0 saturated heterocycles. The highest BCUT2D eigenvalue weighted by Crippen LogP contribution is 2.35. The number of aryl methyl sites for hydroxylation is 2. The normalized spacial score (nSPS) is 16.5. The van der Waals surface area contributed by atoms with Crippen LogP contribution in [-0.4, -0.2) is 23.0 Å². The van der Waals surface area contributed by atoms with Gasteiger partial charge in [-0.2, -0.15) is 5.10 Å². The minimum atomic E-state index is 0.244. The lowest BCUT2D eigenvalue weighted by atomic mass is 10.1. The average Bonchev–Trinajstić information content (AvgIpc) is 2.95. The maximum absolute atomic E-state index is 5.83. The van der Waals surface area contributed by atoms with Gasteiger partial charge in [-0.25, -0.2) is 0 Å². The predicted octanol–water partition coefficient (Wildman–Crippen LogP) is 2.67. The number of benzene rings is 1. The Bertz CT molecular complexity index is 664. The minimum absolute atomic E-state index is 0.244. The molecule has 0 amide bonds. The van der Waals surface area contributed by atoms with Crippen LogP contribution in [0, 0.1) is 6.92 Å². The Hall–Kier alpha value is -2.17. The van der Waals surface area contributed by atoms with Gasteiger partial charge in [-0.05, 0) is 26.0 Å². The van der Waals surface area contributed by atoms with E-state index < -0.39 is 0 Å². The van der Waals surface area contributed by atoms with Crippen molar-refractivity contribution in [3.63, 3.8) is 0 Å². The zero-order valence-corrected chi connectivity index (χ0v) is 12.9. The van der Waals surface area contributed by atoms with Crippen molar-refractivity contribution in [3.05, 3.63) is 35.2 Å². The first-order valence-electron chi connectivity index (χ1n) is 7.17. The van der Waals surface area contributed by atoms with Gasteiger partial charge in [-0.3, -0.25) is 4.68 Å². The largest absolute Gasteiger partial charge is 0.496 e. The highest BCUT2D eigenvalue weighted by molar-refractivity contribution is 5.52. The lowest BCUT2D eigenvalue weighted by Gasteiger charge is -2.12. The van der Waals surface area contributed by atoms with E-state index in [2.05, 4.69) is 29.5 Å². The number of nitrogens with zero attached hydrogens (tertiary/aromatic N) is 2. The van der Waals surface area contributed by atoms with E-state index in [1.54, 1.807) is 7.11 Å². The maximum atomic E-state index is 5.83. The molecule has 1 aromatic carbocycles. The van der Waals surface area contributed by atoms with Crippen molar-refractivity contribution in [1.29, 1.82) is 0 Å². The van der Waals surface area contributed by atoms with Crippen LogP contribution in [0.15, 0.2) is 18.3 Å². The fraction of sp³-hybridized carbons (Fsp3) is 0.438. The van der Waals surface area contributed by atoms with E-state index in [0.717, 1.165) is 34.9 Å². The Labute approximate surface area is 124 Å². The van der Waals surface area contributed by atoms with Crippen molar-refractivity contribution in [1.82, 2.24) is 9.78 Å². The number of rotatable bonds is 4. The summed E-state index contributed by atoms with van der Waals surface area (Å²) in [6, 6.07) is 4.17. The topological polar surface area (TPSA) is 48.3 Å². The second-order valence-corrected chi connectivity index (χ2v) is 5.56. The Morgan fingerprint density at radius 1 is 1.48 bits per heavy atom. The van der Waals surface area contributed by atoms with Gasteiger partial charge < -0.3 is 14.8 Å². The van der Waals surface area contributed by atoms with Crippen molar-refractivity contribution in [2.75, 3.05) is 12.4 Å². The third kappa shape index (κ3) is 2.68. The third-order valence-electron chi connectivity index (χ3n) is 3.78. The van der Waals surface area contributed by atoms with Crippen LogP contribution in [-0.2, 0) is 20.0 Å². The summed E-state index contributed by atoms with van der Waals surface area (Å²) in [7, 11) is 3.63. The van der Waals surface area contributed by atoms with Crippen molar-refractivity contribution in [2.45, 2.75) is 32.9 Å². The first-order chi connectivity index (χ1) is 10.1. The molecule has 2 heterocycles. The van der Waals surface area contributed by atoms with E-state index in [4.69, 9.17) is 9.47 Å². The van der Waals surface area contributed by atoms with Crippen LogP contribution in [0.2, 0.25) is 0 Å². The van der Waals surface area contributed by atoms with E-state index in [0.29, 0.717) is 6.54 Å². The van der Waals surface area contributed by atoms with Crippen molar-refractivity contribution >= 4 is 5.69 Å². The van der Waals surface area contributed by atoms with Gasteiger partial charge in [0, 0.05) is 37.3 Å². The fourth-order valence-electron chi connectivity index (χ4n) is 2.77. The summed E-state index contributed by atoms with van der Waals surface area (Å²) >= 11 is 0. The molecular formula is C16H21N3O2. The smallest absolute Gasteiger partial charge is 0.124 e. The van der Waals surface area contributed by atoms with Gasteiger partial charge in [0.25, 0.3) is 0 Å². The molecule has 0 spiro atoms. The summed E-state index contributed by atoms with van der Waals surface area (Å²) in [4.78, 5) is 0. The molecule has 3 rings (SSSR count). The SMILES string of the molecule is COc1cc2c(cc1CNc1cn(C)nc1C)OC(C)C2. The second-order valence-electron chi connectivity index (χ2n) is 5.56. The quantitative estimate of drug-likeness (QED) is 0.939. The first-order valence-corrected chi connectivity index (χ1v) is 7.17. The number of hydrogen-bond donors (Lipinski definition) is 1. The molecule has 0 bridgehead atoms. The molecule has 1 atom stereocenters. The van der Waals surface area contributed by atoms with Gasteiger partial charge in [-0.15, -0.1) is 0 Å². The monoisotopic (exact) mass is 287 g/mol. The summed E-state index contributed by atoms with van der Waals surface area (Å²) < 4.78 is 13.1. The zero-order valence-electron chi connectivity index (χ0n) is 12.9. The molecule has 5 heteroatoms. The van der Waals surface area contributed by atoms with Crippen LogP contribution < -0.4 is 14.8 Å². The van der Waals surface area contributed by atoms with E-state index in [1.807, 2.05) is 24.9 Å². The predicted molar refractivity (Wildman–Crippen MR) is 82.1 cm³/mol. The molecule has 0 saturated carbocycles. The summed E-state index contributed by atoms with van der Waals surface area (Å²) in [5.74, 6) is 1.88. The van der Waals surface area contributed by atoms with Crippen LogP contribution >= 0.6 is 0 Å². The average molecular weight is 287 g/mol. The van der Waals surface area contributed by atoms with E-state index in [9.17, 15) is 0 Å². The van der Waals surface area contributed by atoms with Crippen LogP contribution in [0.5, 0.6) is 11.5 Å². The van der Waals surface area contributed by atoms with Gasteiger partial charge in [0.1, 0.15) is 17.6 Å². The second kappa shape index (κ2) is 5.31. The molecule has 1 N–H and O–H groups in total. The molecule has 1 aliphatic heterocycles. The molecular weight excluding hydrogens is 266 g/mol. The standard InChI is InChI=1S/C16H21N3O2/c1-10-5-12-6-15(20-4)13(7-16(12)21-10)8-17-14-9-19(3)18-11(14)2/h6-7,9-10,17H,5,8H2,1-4H3. The lowest BCUT2D eigenvalue weighted by molar-refractivity contribution is 0.254. The number of anilines is 1. The number of aromatic nitrogens is 2. The number of hydrogen-bond acceptors (Lipinski definition) is 4. The van der Waals surface area contributed by atoms with Gasteiger partial charge in [-0.1, -0.05) is 0 Å². The highest BCUT2D eigenvalue weighted by Gasteiger charge is 2.21. The lowest BCUT2D eigenvalue weighted by Crippen LogP contribution is -2.05. The van der Waals surface area contributed by atoms with E-state index in [1.165, 1.54) is 5.56 Å². The van der Waals surface area contributed by atoms with Crippen LogP contribution in [0.4, 0.5) is 5.69 Å². The van der Waals surface area contributed by atoms with Gasteiger partial charge in [0.2, 0.25) is 0 Å². The van der Waals surface area contributed by atoms with Crippen molar-refractivity contribution < 1.29 is 9.47 Å². The van der Waals surface area contributed by atoms with Gasteiger partial charge in [0.15, 0.2) is 0 Å². The Balaban J connectivity index is 1.82. The summed E-state index contributed by atoms with van der Waals surface area (Å²) in [6.07, 6.45) is 3.17. The Morgan fingerprint density at radius 3 is 2.95 bits per heavy atom. The number of ether oxygens (including phenoxy) is 2. The molecule has 5 nitrogen and oxygen atoms in total. The number of methoxy groups -OCH3 is 1.